The average molecular weight is 343 g/mol. The van der Waals surface area contributed by atoms with Crippen LogP contribution in [-0.4, -0.2) is 28.2 Å². The number of rotatable bonds is 5. The number of aromatic nitrogens is 4. The molecule has 0 spiro atoms. The zero-order valence-corrected chi connectivity index (χ0v) is 14.2. The maximum atomic E-state index is 12.3. The average Bonchev–Trinajstić information content (AvgIpc) is 3.06. The summed E-state index contributed by atoms with van der Waals surface area (Å²) < 4.78 is 28.6. The molecule has 0 atom stereocenters. The van der Waals surface area contributed by atoms with Crippen molar-refractivity contribution in [2.45, 2.75) is 25.3 Å². The Hall–Kier alpha value is -2.74. The lowest BCUT2D eigenvalue weighted by Crippen LogP contribution is -2.13. The molecule has 7 nitrogen and oxygen atoms in total. The lowest BCUT2D eigenvalue weighted by molar-refractivity contribution is 0.600. The lowest BCUT2D eigenvalue weighted by Gasteiger charge is -2.06. The van der Waals surface area contributed by atoms with E-state index in [0.29, 0.717) is 6.54 Å². The second-order valence-electron chi connectivity index (χ2n) is 5.26. The molecule has 3 rings (SSSR count). The van der Waals surface area contributed by atoms with Gasteiger partial charge in [-0.05, 0) is 32.0 Å². The summed E-state index contributed by atoms with van der Waals surface area (Å²) >= 11 is 0. The Morgan fingerprint density at radius 2 is 1.75 bits per heavy atom. The summed E-state index contributed by atoms with van der Waals surface area (Å²) in [6.45, 7) is 4.41. The molecule has 3 aromatic heterocycles. The Morgan fingerprint density at radius 1 is 1.04 bits per heavy atom. The normalized spacial score (nSPS) is 11.4. The van der Waals surface area contributed by atoms with Gasteiger partial charge in [0.25, 0.3) is 10.0 Å². The summed E-state index contributed by atoms with van der Waals surface area (Å²) in [6, 6.07) is 7.28. The van der Waals surface area contributed by atoms with Gasteiger partial charge in [0.1, 0.15) is 10.7 Å². The second-order valence-corrected chi connectivity index (χ2v) is 6.94. The van der Waals surface area contributed by atoms with Crippen molar-refractivity contribution in [3.63, 3.8) is 0 Å². The molecule has 0 bridgehead atoms. The van der Waals surface area contributed by atoms with E-state index in [4.69, 9.17) is 0 Å². The molecule has 0 unspecified atom stereocenters. The Labute approximate surface area is 140 Å². The molecule has 0 saturated heterocycles. The van der Waals surface area contributed by atoms with Crippen LogP contribution in [0.3, 0.4) is 0 Å². The molecular weight excluding hydrogens is 326 g/mol. The summed E-state index contributed by atoms with van der Waals surface area (Å²) in [4.78, 5) is 8.52. The van der Waals surface area contributed by atoms with E-state index in [1.165, 1.54) is 12.4 Å². The number of sulfonamides is 1. The van der Waals surface area contributed by atoms with Gasteiger partial charge in [-0.15, -0.1) is 0 Å². The zero-order valence-electron chi connectivity index (χ0n) is 13.3. The van der Waals surface area contributed by atoms with Gasteiger partial charge in [0, 0.05) is 42.0 Å². The third-order valence-electron chi connectivity index (χ3n) is 3.49. The van der Waals surface area contributed by atoms with Crippen molar-refractivity contribution in [2.75, 3.05) is 4.72 Å². The fraction of sp³-hybridized carbons (Fsp3) is 0.188. The van der Waals surface area contributed by atoms with E-state index in [9.17, 15) is 8.42 Å². The molecule has 1 N–H and O–H groups in total. The van der Waals surface area contributed by atoms with Gasteiger partial charge in [-0.25, -0.2) is 13.4 Å². The van der Waals surface area contributed by atoms with Crippen molar-refractivity contribution in [3.8, 4) is 11.1 Å². The monoisotopic (exact) mass is 343 g/mol. The van der Waals surface area contributed by atoms with Gasteiger partial charge in [-0.3, -0.25) is 14.4 Å². The van der Waals surface area contributed by atoms with Gasteiger partial charge < -0.3 is 0 Å². The van der Waals surface area contributed by atoms with Crippen LogP contribution in [0.4, 0.5) is 5.82 Å². The number of hydrogen-bond acceptors (Lipinski definition) is 5. The van der Waals surface area contributed by atoms with Crippen LogP contribution in [0.25, 0.3) is 11.1 Å². The predicted molar refractivity (Wildman–Crippen MR) is 90.9 cm³/mol. The first-order chi connectivity index (χ1) is 11.5. The summed E-state index contributed by atoms with van der Waals surface area (Å²) in [7, 11) is -3.69. The highest BCUT2D eigenvalue weighted by Crippen LogP contribution is 2.20. The second kappa shape index (κ2) is 6.40. The van der Waals surface area contributed by atoms with Crippen molar-refractivity contribution < 1.29 is 8.42 Å². The molecule has 24 heavy (non-hydrogen) atoms. The highest BCUT2D eigenvalue weighted by atomic mass is 32.2. The molecule has 0 aliphatic heterocycles. The molecule has 0 amide bonds. The summed E-state index contributed by atoms with van der Waals surface area (Å²) in [5, 5.41) is 3.97. The Balaban J connectivity index is 1.79. The lowest BCUT2D eigenvalue weighted by atomic mass is 10.1. The highest BCUT2D eigenvalue weighted by molar-refractivity contribution is 7.92. The van der Waals surface area contributed by atoms with E-state index in [1.54, 1.807) is 29.2 Å². The third-order valence-corrected chi connectivity index (χ3v) is 4.80. The zero-order chi connectivity index (χ0) is 17.2. The molecule has 0 aliphatic rings. The molecule has 0 aliphatic carbocycles. The minimum Gasteiger partial charge on any atom is -0.272 e. The predicted octanol–water partition coefficient (Wildman–Crippen LogP) is 2.47. The number of pyridine rings is 2. The number of anilines is 1. The van der Waals surface area contributed by atoms with Gasteiger partial charge >= 0.3 is 0 Å². The van der Waals surface area contributed by atoms with E-state index >= 15 is 0 Å². The van der Waals surface area contributed by atoms with Crippen molar-refractivity contribution >= 4 is 15.8 Å². The highest BCUT2D eigenvalue weighted by Gasteiger charge is 2.17. The molecule has 0 aromatic carbocycles. The Bertz CT molecular complexity index is 931. The molecule has 0 fully saturated rings. The number of nitrogens with zero attached hydrogens (tertiary/aromatic N) is 4. The summed E-state index contributed by atoms with van der Waals surface area (Å²) in [5.74, 6) is 0.253. The topological polar surface area (TPSA) is 89.8 Å². The summed E-state index contributed by atoms with van der Waals surface area (Å²) in [6.07, 6.45) is 6.17. The van der Waals surface area contributed by atoms with Crippen molar-refractivity contribution in [2.24, 2.45) is 0 Å². The first-order valence-electron chi connectivity index (χ1n) is 7.42. The van der Waals surface area contributed by atoms with Crippen LogP contribution in [0.15, 0.2) is 53.9 Å². The van der Waals surface area contributed by atoms with Crippen LogP contribution < -0.4 is 4.72 Å². The fourth-order valence-corrected chi connectivity index (χ4v) is 3.08. The van der Waals surface area contributed by atoms with Crippen LogP contribution in [0.2, 0.25) is 0 Å². The van der Waals surface area contributed by atoms with Crippen LogP contribution in [0.5, 0.6) is 0 Å². The molecule has 124 valence electrons. The SMILES string of the molecule is CCn1cc(S(=O)(=O)Nc2ccc(-c3ccc(C)nc3)cn2)cn1. The van der Waals surface area contributed by atoms with E-state index in [-0.39, 0.29) is 10.7 Å². The van der Waals surface area contributed by atoms with Crippen LogP contribution >= 0.6 is 0 Å². The van der Waals surface area contributed by atoms with Gasteiger partial charge in [0.05, 0.1) is 6.20 Å². The number of nitrogens with one attached hydrogen (secondary N) is 1. The third kappa shape index (κ3) is 3.43. The number of aryl methyl sites for hydroxylation is 2. The molecule has 3 aromatic rings. The van der Waals surface area contributed by atoms with Crippen molar-refractivity contribution in [3.05, 3.63) is 54.7 Å². The van der Waals surface area contributed by atoms with Crippen molar-refractivity contribution in [1.82, 2.24) is 19.7 Å². The molecule has 8 heteroatoms. The first kappa shape index (κ1) is 16.1. The van der Waals surface area contributed by atoms with Gasteiger partial charge in [0.2, 0.25) is 0 Å². The smallest absolute Gasteiger partial charge is 0.266 e. The first-order valence-corrected chi connectivity index (χ1v) is 8.90. The Kier molecular flexibility index (Phi) is 4.30. The van der Waals surface area contributed by atoms with E-state index in [2.05, 4.69) is 19.8 Å². The maximum Gasteiger partial charge on any atom is 0.266 e. The van der Waals surface area contributed by atoms with Crippen LogP contribution in [-0.2, 0) is 16.6 Å². The van der Waals surface area contributed by atoms with Gasteiger partial charge in [-0.2, -0.15) is 5.10 Å². The minimum atomic E-state index is -3.69. The molecule has 0 saturated carbocycles. The quantitative estimate of drug-likeness (QED) is 0.768. The van der Waals surface area contributed by atoms with Gasteiger partial charge in [-0.1, -0.05) is 6.07 Å². The Morgan fingerprint density at radius 3 is 2.29 bits per heavy atom. The van der Waals surface area contributed by atoms with E-state index < -0.39 is 10.0 Å². The molecule has 3 heterocycles. The largest absolute Gasteiger partial charge is 0.272 e. The summed E-state index contributed by atoms with van der Waals surface area (Å²) in [5.41, 5.74) is 2.72. The molecule has 0 radical (unpaired) electrons. The van der Waals surface area contributed by atoms with E-state index in [0.717, 1.165) is 16.8 Å². The number of hydrogen-bond donors (Lipinski definition) is 1. The fourth-order valence-electron chi connectivity index (χ4n) is 2.12. The molecular formula is C16H17N5O2S. The minimum absolute atomic E-state index is 0.109. The standard InChI is InChI=1S/C16H17N5O2S/c1-3-21-11-15(10-19-21)24(22,23)20-16-7-6-14(9-18-16)13-5-4-12(2)17-8-13/h4-11H,3H2,1-2H3,(H,18,20). The van der Waals surface area contributed by atoms with Crippen LogP contribution in [0.1, 0.15) is 12.6 Å². The van der Waals surface area contributed by atoms with Crippen LogP contribution in [0, 0.1) is 6.92 Å². The van der Waals surface area contributed by atoms with Gasteiger partial charge in [0.15, 0.2) is 0 Å². The van der Waals surface area contributed by atoms with E-state index in [1.807, 2.05) is 26.0 Å². The maximum absolute atomic E-state index is 12.3. The van der Waals surface area contributed by atoms with Crippen molar-refractivity contribution in [1.29, 1.82) is 0 Å².